The van der Waals surface area contributed by atoms with Crippen molar-refractivity contribution in [1.82, 2.24) is 0 Å². The van der Waals surface area contributed by atoms with E-state index >= 15 is 0 Å². The van der Waals surface area contributed by atoms with Crippen LogP contribution in [-0.4, -0.2) is 26.9 Å². The molecule has 5 nitrogen and oxygen atoms in total. The summed E-state index contributed by atoms with van der Waals surface area (Å²) in [4.78, 5) is 0.162. The summed E-state index contributed by atoms with van der Waals surface area (Å²) in [6.07, 6.45) is -0.0310. The molecule has 0 bridgehead atoms. The van der Waals surface area contributed by atoms with Crippen LogP contribution in [0.2, 0.25) is 0 Å². The third-order valence-corrected chi connectivity index (χ3v) is 4.89. The Hall–Kier alpha value is -1.74. The third-order valence-electron chi connectivity index (χ3n) is 2.75. The monoisotopic (exact) mass is 267 g/mol. The van der Waals surface area contributed by atoms with Crippen molar-refractivity contribution in [3.63, 3.8) is 0 Å². The molecule has 0 saturated carbocycles. The van der Waals surface area contributed by atoms with Crippen molar-refractivity contribution in [1.29, 1.82) is 5.26 Å². The Morgan fingerprint density at radius 2 is 2.00 bits per heavy atom. The largest absolute Gasteiger partial charge is 0.486 e. The fourth-order valence-corrected chi connectivity index (χ4v) is 2.96. The molecule has 0 saturated heterocycles. The first-order valence-corrected chi connectivity index (χ1v) is 7.11. The fraction of sp³-hybridized carbons (Fsp3) is 0.417. The molecule has 0 amide bonds. The Morgan fingerprint density at radius 3 is 2.67 bits per heavy atom. The van der Waals surface area contributed by atoms with Gasteiger partial charge in [-0.1, -0.05) is 0 Å². The highest BCUT2D eigenvalue weighted by molar-refractivity contribution is 7.92. The van der Waals surface area contributed by atoms with Crippen LogP contribution in [0.15, 0.2) is 23.1 Å². The molecule has 0 fully saturated rings. The Kier molecular flexibility index (Phi) is 3.43. The van der Waals surface area contributed by atoms with E-state index < -0.39 is 15.1 Å². The fourth-order valence-electron chi connectivity index (χ4n) is 1.67. The molecular formula is C12H13NO4S. The zero-order valence-electron chi connectivity index (χ0n) is 9.92. The number of benzene rings is 1. The molecule has 1 aliphatic heterocycles. The quantitative estimate of drug-likeness (QED) is 0.830. The predicted molar refractivity (Wildman–Crippen MR) is 64.3 cm³/mol. The molecule has 0 N–H and O–H groups in total. The van der Waals surface area contributed by atoms with E-state index in [0.717, 1.165) is 0 Å². The van der Waals surface area contributed by atoms with Gasteiger partial charge in [0.1, 0.15) is 13.2 Å². The first-order valence-electron chi connectivity index (χ1n) is 5.56. The lowest BCUT2D eigenvalue weighted by molar-refractivity contribution is 0.171. The van der Waals surface area contributed by atoms with Crippen molar-refractivity contribution >= 4 is 9.84 Å². The van der Waals surface area contributed by atoms with Crippen LogP contribution >= 0.6 is 0 Å². The lowest BCUT2D eigenvalue weighted by Crippen LogP contribution is -2.19. The number of ether oxygens (including phenoxy) is 2. The maximum Gasteiger partial charge on any atom is 0.182 e. The van der Waals surface area contributed by atoms with Gasteiger partial charge < -0.3 is 9.47 Å². The minimum Gasteiger partial charge on any atom is -0.486 e. The average molecular weight is 267 g/mol. The molecule has 1 aliphatic rings. The Morgan fingerprint density at radius 1 is 1.33 bits per heavy atom. The molecule has 1 aromatic carbocycles. The summed E-state index contributed by atoms with van der Waals surface area (Å²) in [6.45, 7) is 2.39. The smallest absolute Gasteiger partial charge is 0.182 e. The highest BCUT2D eigenvalue weighted by atomic mass is 32.2. The average Bonchev–Trinajstić information content (AvgIpc) is 2.38. The molecule has 0 aliphatic carbocycles. The van der Waals surface area contributed by atoms with E-state index in [1.807, 2.05) is 6.07 Å². The molecule has 0 radical (unpaired) electrons. The first kappa shape index (κ1) is 12.7. The molecule has 1 heterocycles. The molecule has 96 valence electrons. The normalized spacial score (nSPS) is 15.8. The Balaban J connectivity index is 2.37. The number of nitrogens with zero attached hydrogens (tertiary/aromatic N) is 1. The number of rotatable bonds is 3. The Bertz CT molecular complexity index is 589. The summed E-state index contributed by atoms with van der Waals surface area (Å²) in [5.41, 5.74) is 0. The summed E-state index contributed by atoms with van der Waals surface area (Å²) >= 11 is 0. The third kappa shape index (κ3) is 2.27. The number of fused-ring (bicyclic) bond motifs is 1. The van der Waals surface area contributed by atoms with E-state index in [1.54, 1.807) is 6.07 Å². The van der Waals surface area contributed by atoms with Crippen LogP contribution in [0, 0.1) is 11.3 Å². The summed E-state index contributed by atoms with van der Waals surface area (Å²) in [5, 5.41) is 7.85. The molecule has 2 rings (SSSR count). The van der Waals surface area contributed by atoms with Crippen molar-refractivity contribution in [2.24, 2.45) is 0 Å². The molecular weight excluding hydrogens is 254 g/mol. The van der Waals surface area contributed by atoms with E-state index in [4.69, 9.17) is 14.7 Å². The lowest BCUT2D eigenvalue weighted by atomic mass is 10.3. The number of nitriles is 1. The van der Waals surface area contributed by atoms with Gasteiger partial charge in [0.2, 0.25) is 0 Å². The van der Waals surface area contributed by atoms with Crippen molar-refractivity contribution in [2.45, 2.75) is 23.5 Å². The highest BCUT2D eigenvalue weighted by Gasteiger charge is 2.25. The number of hydrogen-bond acceptors (Lipinski definition) is 5. The first-order chi connectivity index (χ1) is 8.55. The maximum absolute atomic E-state index is 12.2. The van der Waals surface area contributed by atoms with Gasteiger partial charge in [-0.3, -0.25) is 0 Å². The van der Waals surface area contributed by atoms with Gasteiger partial charge in [-0.25, -0.2) is 8.42 Å². The molecule has 6 heteroatoms. The van der Waals surface area contributed by atoms with Crippen LogP contribution in [0.1, 0.15) is 13.3 Å². The van der Waals surface area contributed by atoms with E-state index in [-0.39, 0.29) is 11.3 Å². The van der Waals surface area contributed by atoms with E-state index in [9.17, 15) is 8.42 Å². The molecule has 0 spiro atoms. The van der Waals surface area contributed by atoms with Gasteiger partial charge in [-0.05, 0) is 19.1 Å². The van der Waals surface area contributed by atoms with Crippen LogP contribution < -0.4 is 9.47 Å². The van der Waals surface area contributed by atoms with Crippen LogP contribution in [0.25, 0.3) is 0 Å². The van der Waals surface area contributed by atoms with E-state index in [2.05, 4.69) is 0 Å². The van der Waals surface area contributed by atoms with Crippen LogP contribution in [0.5, 0.6) is 11.5 Å². The van der Waals surface area contributed by atoms with Gasteiger partial charge in [-0.15, -0.1) is 0 Å². The predicted octanol–water partition coefficient (Wildman–Crippen LogP) is 1.53. The van der Waals surface area contributed by atoms with Gasteiger partial charge in [0.05, 0.1) is 22.6 Å². The second-order valence-electron chi connectivity index (χ2n) is 4.02. The van der Waals surface area contributed by atoms with Gasteiger partial charge in [0.25, 0.3) is 0 Å². The molecule has 1 aromatic rings. The molecule has 1 unspecified atom stereocenters. The molecule has 1 atom stereocenters. The minimum absolute atomic E-state index is 0.0310. The summed E-state index contributed by atoms with van der Waals surface area (Å²) in [7, 11) is -3.49. The van der Waals surface area contributed by atoms with Gasteiger partial charge in [0, 0.05) is 6.07 Å². The summed E-state index contributed by atoms with van der Waals surface area (Å²) in [6, 6.07) is 6.39. The highest BCUT2D eigenvalue weighted by Crippen LogP contribution is 2.33. The number of hydrogen-bond donors (Lipinski definition) is 0. The van der Waals surface area contributed by atoms with E-state index in [0.29, 0.717) is 24.7 Å². The van der Waals surface area contributed by atoms with Crippen molar-refractivity contribution in [3.8, 4) is 17.6 Å². The molecule has 18 heavy (non-hydrogen) atoms. The maximum atomic E-state index is 12.2. The van der Waals surface area contributed by atoms with Gasteiger partial charge >= 0.3 is 0 Å². The topological polar surface area (TPSA) is 76.4 Å². The van der Waals surface area contributed by atoms with Crippen molar-refractivity contribution in [2.75, 3.05) is 13.2 Å². The standard InChI is InChI=1S/C12H13NO4S/c1-9(4-5-13)18(14,15)10-2-3-11-12(8-10)17-7-6-16-11/h2-3,8-9H,4,6-7H2,1H3. The SMILES string of the molecule is CC(CC#N)S(=O)(=O)c1ccc2c(c1)OCCO2. The lowest BCUT2D eigenvalue weighted by Gasteiger charge is -2.19. The number of sulfone groups is 1. The van der Waals surface area contributed by atoms with Crippen molar-refractivity contribution in [3.05, 3.63) is 18.2 Å². The second kappa shape index (κ2) is 4.86. The van der Waals surface area contributed by atoms with Crippen LogP contribution in [-0.2, 0) is 9.84 Å². The van der Waals surface area contributed by atoms with E-state index in [1.165, 1.54) is 19.1 Å². The second-order valence-corrected chi connectivity index (χ2v) is 6.39. The van der Waals surface area contributed by atoms with Crippen LogP contribution in [0.4, 0.5) is 0 Å². The van der Waals surface area contributed by atoms with Gasteiger partial charge in [0.15, 0.2) is 21.3 Å². The molecule has 0 aromatic heterocycles. The zero-order valence-corrected chi connectivity index (χ0v) is 10.7. The minimum atomic E-state index is -3.49. The summed E-state index contributed by atoms with van der Waals surface area (Å²) < 4.78 is 35.0. The van der Waals surface area contributed by atoms with Gasteiger partial charge in [-0.2, -0.15) is 5.26 Å². The zero-order chi connectivity index (χ0) is 13.2. The van der Waals surface area contributed by atoms with Crippen LogP contribution in [0.3, 0.4) is 0 Å². The Labute approximate surface area is 106 Å². The summed E-state index contributed by atoms with van der Waals surface area (Å²) in [5.74, 6) is 0.986. The van der Waals surface area contributed by atoms with Crippen molar-refractivity contribution < 1.29 is 17.9 Å².